The van der Waals surface area contributed by atoms with Crippen LogP contribution in [0.2, 0.25) is 0 Å². The summed E-state index contributed by atoms with van der Waals surface area (Å²) < 4.78 is 11.0. The number of carbonyl (C=O) groups excluding carboxylic acids is 2. The number of nitrogens with zero attached hydrogens (tertiary/aromatic N) is 1. The fourth-order valence-electron chi connectivity index (χ4n) is 4.86. The molecule has 5 heteroatoms. The Hall–Kier alpha value is -2.04. The zero-order chi connectivity index (χ0) is 14.9. The van der Waals surface area contributed by atoms with E-state index in [0.29, 0.717) is 25.8 Å². The molecule has 4 aliphatic rings. The smallest absolute Gasteiger partial charge is 0.231 e. The van der Waals surface area contributed by atoms with Crippen LogP contribution in [0.25, 0.3) is 0 Å². The highest BCUT2D eigenvalue weighted by Crippen LogP contribution is 2.54. The average molecular weight is 299 g/mol. The second kappa shape index (κ2) is 4.03. The molecule has 1 saturated heterocycles. The maximum absolute atomic E-state index is 12.3. The van der Waals surface area contributed by atoms with Gasteiger partial charge >= 0.3 is 0 Å². The van der Waals surface area contributed by atoms with Crippen LogP contribution in [0, 0.1) is 0 Å². The molecule has 1 aliphatic carbocycles. The molecule has 1 aromatic rings. The fraction of sp³-hybridized carbons (Fsp3) is 0.529. The Morgan fingerprint density at radius 3 is 2.82 bits per heavy atom. The van der Waals surface area contributed by atoms with Crippen LogP contribution in [0.15, 0.2) is 12.1 Å². The summed E-state index contributed by atoms with van der Waals surface area (Å²) in [6.45, 7) is 0.965. The molecule has 1 aromatic carbocycles. The highest BCUT2D eigenvalue weighted by atomic mass is 16.7. The van der Waals surface area contributed by atoms with Crippen LogP contribution in [-0.2, 0) is 16.0 Å². The summed E-state index contributed by atoms with van der Waals surface area (Å²) in [5, 5.41) is 0. The molecule has 0 N–H and O–H groups in total. The summed E-state index contributed by atoms with van der Waals surface area (Å²) in [5.41, 5.74) is 2.10. The van der Waals surface area contributed by atoms with E-state index >= 15 is 0 Å². The van der Waals surface area contributed by atoms with E-state index in [1.807, 2.05) is 11.0 Å². The molecule has 5 rings (SSSR count). The van der Waals surface area contributed by atoms with Gasteiger partial charge in [0.05, 0.1) is 5.54 Å². The lowest BCUT2D eigenvalue weighted by atomic mass is 9.79. The van der Waals surface area contributed by atoms with E-state index in [1.165, 1.54) is 11.1 Å². The molecule has 1 saturated carbocycles. The zero-order valence-corrected chi connectivity index (χ0v) is 12.3. The van der Waals surface area contributed by atoms with Crippen molar-refractivity contribution in [2.24, 2.45) is 0 Å². The van der Waals surface area contributed by atoms with E-state index in [4.69, 9.17) is 9.47 Å². The van der Waals surface area contributed by atoms with Gasteiger partial charge in [0.1, 0.15) is 5.78 Å². The minimum Gasteiger partial charge on any atom is -0.454 e. The Bertz CT molecular complexity index is 713. The molecule has 2 atom stereocenters. The minimum absolute atomic E-state index is 0.110. The molecule has 0 radical (unpaired) electrons. The maximum Gasteiger partial charge on any atom is 0.231 e. The first kappa shape index (κ1) is 12.5. The Labute approximate surface area is 128 Å². The van der Waals surface area contributed by atoms with Crippen molar-refractivity contribution in [3.63, 3.8) is 0 Å². The second-order valence-electron chi connectivity index (χ2n) is 6.78. The Morgan fingerprint density at radius 1 is 1.14 bits per heavy atom. The first-order chi connectivity index (χ1) is 10.7. The fourth-order valence-corrected chi connectivity index (χ4v) is 4.86. The molecule has 5 nitrogen and oxygen atoms in total. The number of amides is 1. The number of rotatable bonds is 0. The number of hydrogen-bond donors (Lipinski definition) is 0. The maximum atomic E-state index is 12.3. The number of ketones is 1. The van der Waals surface area contributed by atoms with Gasteiger partial charge in [0.25, 0.3) is 0 Å². The van der Waals surface area contributed by atoms with Crippen LogP contribution in [0.4, 0.5) is 0 Å². The van der Waals surface area contributed by atoms with Crippen molar-refractivity contribution in [3.05, 3.63) is 23.3 Å². The Balaban J connectivity index is 1.70. The molecule has 0 unspecified atom stereocenters. The predicted molar refractivity (Wildman–Crippen MR) is 76.9 cm³/mol. The second-order valence-corrected chi connectivity index (χ2v) is 6.78. The highest BCUT2D eigenvalue weighted by molar-refractivity contribution is 5.89. The summed E-state index contributed by atoms with van der Waals surface area (Å²) in [6.07, 6.45) is 3.25. The lowest BCUT2D eigenvalue weighted by molar-refractivity contribution is -0.131. The number of benzene rings is 1. The number of carbonyl (C=O) groups is 2. The first-order valence-corrected chi connectivity index (χ1v) is 7.92. The van der Waals surface area contributed by atoms with Gasteiger partial charge in [0.2, 0.25) is 12.7 Å². The van der Waals surface area contributed by atoms with Gasteiger partial charge < -0.3 is 14.4 Å². The zero-order valence-electron chi connectivity index (χ0n) is 12.3. The van der Waals surface area contributed by atoms with Gasteiger partial charge in [-0.05, 0) is 36.1 Å². The van der Waals surface area contributed by atoms with Gasteiger partial charge in [0.15, 0.2) is 11.5 Å². The number of hydrogen-bond acceptors (Lipinski definition) is 4. The third-order valence-corrected chi connectivity index (χ3v) is 5.81. The lowest BCUT2D eigenvalue weighted by Crippen LogP contribution is -2.47. The summed E-state index contributed by atoms with van der Waals surface area (Å²) >= 11 is 0. The largest absolute Gasteiger partial charge is 0.454 e. The first-order valence-electron chi connectivity index (χ1n) is 7.92. The number of ether oxygens (including phenoxy) is 2. The van der Waals surface area contributed by atoms with E-state index in [9.17, 15) is 9.59 Å². The standard InChI is InChI=1S/C17H17NO4/c19-11-6-13-12-7-15-14(21-9-22-15)5-10(12)2-4-18-16(20)1-3-17(13,18)8-11/h5,7,13H,1-4,6,8-9H2/t13-,17+/m0/s1. The average Bonchev–Trinajstić information content (AvgIpc) is 3.14. The Kier molecular flexibility index (Phi) is 2.29. The molecule has 1 spiro atoms. The van der Waals surface area contributed by atoms with Crippen molar-refractivity contribution < 1.29 is 19.1 Å². The van der Waals surface area contributed by atoms with E-state index in [1.54, 1.807) is 0 Å². The molecule has 1 amide bonds. The number of fused-ring (bicyclic) bond motifs is 3. The van der Waals surface area contributed by atoms with Crippen molar-refractivity contribution in [1.29, 1.82) is 0 Å². The summed E-state index contributed by atoms with van der Waals surface area (Å²) in [6, 6.07) is 4.09. The summed E-state index contributed by atoms with van der Waals surface area (Å²) in [5.74, 6) is 2.14. The number of Topliss-reactive ketones (excluding diaryl/α,β-unsaturated/α-hetero) is 1. The molecule has 22 heavy (non-hydrogen) atoms. The van der Waals surface area contributed by atoms with E-state index in [-0.39, 0.29) is 29.9 Å². The van der Waals surface area contributed by atoms with Crippen LogP contribution >= 0.6 is 0 Å². The van der Waals surface area contributed by atoms with Crippen molar-refractivity contribution in [2.45, 2.75) is 43.6 Å². The molecule has 2 fully saturated rings. The van der Waals surface area contributed by atoms with Crippen molar-refractivity contribution >= 4 is 11.7 Å². The normalized spacial score (nSPS) is 31.8. The predicted octanol–water partition coefficient (Wildman–Crippen LogP) is 1.78. The summed E-state index contributed by atoms with van der Waals surface area (Å²) in [4.78, 5) is 26.5. The van der Waals surface area contributed by atoms with Crippen molar-refractivity contribution in [2.75, 3.05) is 13.3 Å². The third-order valence-electron chi connectivity index (χ3n) is 5.81. The van der Waals surface area contributed by atoms with E-state index < -0.39 is 0 Å². The quantitative estimate of drug-likeness (QED) is 0.733. The van der Waals surface area contributed by atoms with Crippen LogP contribution < -0.4 is 9.47 Å². The van der Waals surface area contributed by atoms with Crippen LogP contribution in [0.3, 0.4) is 0 Å². The van der Waals surface area contributed by atoms with Crippen molar-refractivity contribution in [3.8, 4) is 11.5 Å². The molecular formula is C17H17NO4. The molecular weight excluding hydrogens is 282 g/mol. The molecule has 114 valence electrons. The molecule has 3 heterocycles. The minimum atomic E-state index is -0.285. The Morgan fingerprint density at radius 2 is 1.95 bits per heavy atom. The van der Waals surface area contributed by atoms with E-state index in [0.717, 1.165) is 24.3 Å². The summed E-state index contributed by atoms with van der Waals surface area (Å²) in [7, 11) is 0. The van der Waals surface area contributed by atoms with Gasteiger partial charge in [-0.1, -0.05) is 0 Å². The van der Waals surface area contributed by atoms with Gasteiger partial charge in [-0.3, -0.25) is 9.59 Å². The van der Waals surface area contributed by atoms with E-state index in [2.05, 4.69) is 6.07 Å². The third kappa shape index (κ3) is 1.44. The molecule has 3 aliphatic heterocycles. The van der Waals surface area contributed by atoms with Gasteiger partial charge in [0, 0.05) is 31.7 Å². The van der Waals surface area contributed by atoms with Crippen molar-refractivity contribution in [1.82, 2.24) is 4.90 Å². The monoisotopic (exact) mass is 299 g/mol. The molecule has 0 aromatic heterocycles. The molecule has 0 bridgehead atoms. The van der Waals surface area contributed by atoms with Crippen LogP contribution in [0.5, 0.6) is 11.5 Å². The highest BCUT2D eigenvalue weighted by Gasteiger charge is 2.57. The lowest BCUT2D eigenvalue weighted by Gasteiger charge is -2.38. The van der Waals surface area contributed by atoms with Gasteiger partial charge in [-0.15, -0.1) is 0 Å². The van der Waals surface area contributed by atoms with Gasteiger partial charge in [-0.2, -0.15) is 0 Å². The topological polar surface area (TPSA) is 55.8 Å². The SMILES string of the molecule is O=C1C[C@H]2c3cc4c(cc3CCN3C(=O)CC[C@@]23C1)OCO4. The van der Waals surface area contributed by atoms with Gasteiger partial charge in [-0.25, -0.2) is 0 Å². The van der Waals surface area contributed by atoms with Crippen LogP contribution in [-0.4, -0.2) is 35.5 Å². The van der Waals surface area contributed by atoms with Crippen LogP contribution in [0.1, 0.15) is 42.7 Å².